The van der Waals surface area contributed by atoms with Gasteiger partial charge in [0.15, 0.2) is 6.29 Å². The second kappa shape index (κ2) is 8.44. The summed E-state index contributed by atoms with van der Waals surface area (Å²) in [4.78, 5) is 0. The average Bonchev–Trinajstić information content (AvgIpc) is 2.48. The Balaban J connectivity index is 1.73. The van der Waals surface area contributed by atoms with Crippen LogP contribution < -0.4 is 0 Å². The van der Waals surface area contributed by atoms with Gasteiger partial charge in [-0.05, 0) is 18.6 Å². The second-order valence-electron chi connectivity index (χ2n) is 5.73. The van der Waals surface area contributed by atoms with Crippen molar-refractivity contribution in [3.05, 3.63) is 35.4 Å². The Morgan fingerprint density at radius 1 is 1.05 bits per heavy atom. The van der Waals surface area contributed by atoms with Gasteiger partial charge in [-0.1, -0.05) is 39.0 Å². The van der Waals surface area contributed by atoms with E-state index < -0.39 is 17.9 Å². The summed E-state index contributed by atoms with van der Waals surface area (Å²) in [6.45, 7) is 3.36. The van der Waals surface area contributed by atoms with Crippen LogP contribution in [0.1, 0.15) is 57.3 Å². The number of benzene rings is 1. The Morgan fingerprint density at radius 2 is 1.76 bits per heavy atom. The van der Waals surface area contributed by atoms with Gasteiger partial charge in [0, 0.05) is 17.5 Å². The van der Waals surface area contributed by atoms with Crippen LogP contribution in [0.5, 0.6) is 0 Å². The molecule has 21 heavy (non-hydrogen) atoms. The van der Waals surface area contributed by atoms with Crippen molar-refractivity contribution >= 4 is 0 Å². The van der Waals surface area contributed by atoms with E-state index in [0.29, 0.717) is 19.1 Å². The van der Waals surface area contributed by atoms with E-state index in [1.54, 1.807) is 0 Å². The van der Waals surface area contributed by atoms with Crippen molar-refractivity contribution in [3.8, 4) is 0 Å². The Kier molecular flexibility index (Phi) is 6.58. The number of ether oxygens (including phenoxy) is 2. The molecule has 0 unspecified atom stereocenters. The van der Waals surface area contributed by atoms with Gasteiger partial charge in [0.1, 0.15) is 11.6 Å². The van der Waals surface area contributed by atoms with Crippen molar-refractivity contribution in [1.82, 2.24) is 0 Å². The lowest BCUT2D eigenvalue weighted by Crippen LogP contribution is -2.27. The van der Waals surface area contributed by atoms with Gasteiger partial charge in [-0.15, -0.1) is 0 Å². The fraction of sp³-hybridized carbons (Fsp3) is 0.647. The lowest BCUT2D eigenvalue weighted by Gasteiger charge is -2.29. The van der Waals surface area contributed by atoms with E-state index >= 15 is 0 Å². The zero-order chi connectivity index (χ0) is 15.1. The molecule has 0 N–H and O–H groups in total. The highest BCUT2D eigenvalue weighted by molar-refractivity contribution is 5.19. The topological polar surface area (TPSA) is 18.5 Å². The number of halogens is 2. The van der Waals surface area contributed by atoms with Gasteiger partial charge < -0.3 is 9.47 Å². The molecule has 0 aliphatic carbocycles. The molecule has 1 saturated heterocycles. The van der Waals surface area contributed by atoms with E-state index in [0.717, 1.165) is 12.5 Å². The van der Waals surface area contributed by atoms with Gasteiger partial charge in [-0.2, -0.15) is 0 Å². The van der Waals surface area contributed by atoms with Crippen LogP contribution in [0.25, 0.3) is 0 Å². The van der Waals surface area contributed by atoms with Gasteiger partial charge in [0.05, 0.1) is 13.2 Å². The van der Waals surface area contributed by atoms with Crippen LogP contribution in [-0.2, 0) is 9.47 Å². The third-order valence-corrected chi connectivity index (χ3v) is 3.90. The standard InChI is InChI=1S/C17H24F2O2/c1-2-3-4-5-6-7-13-11-20-17(21-12-13)15-9-8-14(18)10-16(15)19/h8-10,13,17H,2-7,11-12H2,1H3. The number of unbranched alkanes of at least 4 members (excludes halogenated alkanes) is 4. The maximum Gasteiger partial charge on any atom is 0.186 e. The van der Waals surface area contributed by atoms with Crippen molar-refractivity contribution in [3.63, 3.8) is 0 Å². The van der Waals surface area contributed by atoms with E-state index in [-0.39, 0.29) is 5.56 Å². The first kappa shape index (κ1) is 16.4. The third-order valence-electron chi connectivity index (χ3n) is 3.90. The van der Waals surface area contributed by atoms with Crippen molar-refractivity contribution in [2.24, 2.45) is 5.92 Å². The van der Waals surface area contributed by atoms with E-state index in [4.69, 9.17) is 9.47 Å². The SMILES string of the molecule is CCCCCCCC1COC(c2ccc(F)cc2F)OC1. The molecule has 1 heterocycles. The predicted octanol–water partition coefficient (Wildman–Crippen LogP) is 4.99. The van der Waals surface area contributed by atoms with E-state index in [2.05, 4.69) is 6.92 Å². The highest BCUT2D eigenvalue weighted by Crippen LogP contribution is 2.29. The monoisotopic (exact) mass is 298 g/mol. The molecule has 1 aromatic rings. The lowest BCUT2D eigenvalue weighted by atomic mass is 10.0. The molecule has 0 amide bonds. The summed E-state index contributed by atoms with van der Waals surface area (Å²) in [5.41, 5.74) is 0.276. The molecule has 1 aromatic carbocycles. The smallest absolute Gasteiger partial charge is 0.186 e. The van der Waals surface area contributed by atoms with E-state index in [9.17, 15) is 8.78 Å². The van der Waals surface area contributed by atoms with Crippen LogP contribution in [0.2, 0.25) is 0 Å². The van der Waals surface area contributed by atoms with Gasteiger partial charge in [0.25, 0.3) is 0 Å². The van der Waals surface area contributed by atoms with Crippen LogP contribution in [-0.4, -0.2) is 13.2 Å². The molecule has 4 heteroatoms. The highest BCUT2D eigenvalue weighted by Gasteiger charge is 2.25. The van der Waals surface area contributed by atoms with Gasteiger partial charge >= 0.3 is 0 Å². The average molecular weight is 298 g/mol. The van der Waals surface area contributed by atoms with Crippen LogP contribution in [0, 0.1) is 17.6 Å². The highest BCUT2D eigenvalue weighted by atomic mass is 19.1. The number of rotatable bonds is 7. The molecule has 1 aliphatic heterocycles. The summed E-state index contributed by atoms with van der Waals surface area (Å²) in [5.74, 6) is -0.818. The zero-order valence-corrected chi connectivity index (χ0v) is 12.6. The molecule has 1 aliphatic rings. The predicted molar refractivity (Wildman–Crippen MR) is 77.9 cm³/mol. The minimum absolute atomic E-state index is 0.276. The molecule has 2 nitrogen and oxygen atoms in total. The molecule has 0 spiro atoms. The van der Waals surface area contributed by atoms with Crippen LogP contribution in [0.15, 0.2) is 18.2 Å². The molecular weight excluding hydrogens is 274 g/mol. The minimum Gasteiger partial charge on any atom is -0.348 e. The largest absolute Gasteiger partial charge is 0.348 e. The molecule has 0 saturated carbocycles. The summed E-state index contributed by atoms with van der Waals surface area (Å²) in [7, 11) is 0. The Morgan fingerprint density at radius 3 is 2.43 bits per heavy atom. The molecule has 1 fully saturated rings. The molecule has 0 bridgehead atoms. The number of hydrogen-bond donors (Lipinski definition) is 0. The molecule has 2 rings (SSSR count). The van der Waals surface area contributed by atoms with Crippen molar-refractivity contribution in [2.75, 3.05) is 13.2 Å². The second-order valence-corrected chi connectivity index (χ2v) is 5.73. The Labute approximate surface area is 125 Å². The first-order valence-electron chi connectivity index (χ1n) is 7.89. The van der Waals surface area contributed by atoms with E-state index in [1.807, 2.05) is 0 Å². The molecule has 118 valence electrons. The van der Waals surface area contributed by atoms with Crippen molar-refractivity contribution < 1.29 is 18.3 Å². The van der Waals surface area contributed by atoms with Crippen LogP contribution in [0.4, 0.5) is 8.78 Å². The molecule has 0 atom stereocenters. The molecular formula is C17H24F2O2. The van der Waals surface area contributed by atoms with Gasteiger partial charge in [-0.3, -0.25) is 0 Å². The van der Waals surface area contributed by atoms with Gasteiger partial charge in [-0.25, -0.2) is 8.78 Å². The van der Waals surface area contributed by atoms with Crippen LogP contribution in [0.3, 0.4) is 0 Å². The summed E-state index contributed by atoms with van der Waals surface area (Å²) in [6, 6.07) is 3.48. The maximum absolute atomic E-state index is 13.7. The number of hydrogen-bond acceptors (Lipinski definition) is 2. The fourth-order valence-electron chi connectivity index (χ4n) is 2.62. The van der Waals surface area contributed by atoms with Crippen molar-refractivity contribution in [1.29, 1.82) is 0 Å². The van der Waals surface area contributed by atoms with Crippen LogP contribution >= 0.6 is 0 Å². The quantitative estimate of drug-likeness (QED) is 0.660. The maximum atomic E-state index is 13.7. The summed E-state index contributed by atoms with van der Waals surface area (Å²) < 4.78 is 37.7. The Bertz CT molecular complexity index is 429. The fourth-order valence-corrected chi connectivity index (χ4v) is 2.62. The first-order valence-corrected chi connectivity index (χ1v) is 7.89. The summed E-state index contributed by atoms with van der Waals surface area (Å²) >= 11 is 0. The normalized spacial score (nSPS) is 22.4. The molecule has 0 radical (unpaired) electrons. The lowest BCUT2D eigenvalue weighted by molar-refractivity contribution is -0.207. The summed E-state index contributed by atoms with van der Waals surface area (Å²) in [5, 5.41) is 0. The Hall–Kier alpha value is -1.00. The van der Waals surface area contributed by atoms with Crippen molar-refractivity contribution in [2.45, 2.75) is 51.7 Å². The minimum atomic E-state index is -0.707. The molecule has 0 aromatic heterocycles. The third kappa shape index (κ3) is 5.04. The van der Waals surface area contributed by atoms with Gasteiger partial charge in [0.2, 0.25) is 0 Å². The summed E-state index contributed by atoms with van der Waals surface area (Å²) in [6.07, 6.45) is 6.65. The first-order chi connectivity index (χ1) is 10.2. The zero-order valence-electron chi connectivity index (χ0n) is 12.6. The van der Waals surface area contributed by atoms with E-state index in [1.165, 1.54) is 44.2 Å².